The average molecular weight is 745 g/mol. The molecule has 0 atom stereocenters. The average Bonchev–Trinajstić information content (AvgIpc) is 3.23. The van der Waals surface area contributed by atoms with Crippen molar-refractivity contribution in [1.82, 2.24) is 0 Å². The van der Waals surface area contributed by atoms with Gasteiger partial charge in [0.1, 0.15) is 11.5 Å². The quantitative estimate of drug-likeness (QED) is 0.0256. The van der Waals surface area contributed by atoms with Crippen LogP contribution in [0.15, 0.2) is 109 Å². The summed E-state index contributed by atoms with van der Waals surface area (Å²) in [5, 5.41) is 7.84. The minimum absolute atomic E-state index is 0.374. The van der Waals surface area contributed by atoms with Gasteiger partial charge in [0, 0.05) is 0 Å². The molecule has 7 aromatic rings. The molecular formula is C52H56O4. The van der Waals surface area contributed by atoms with E-state index >= 15 is 0 Å². The first-order valence-electron chi connectivity index (χ1n) is 21.3. The molecule has 0 aliphatic rings. The molecule has 7 rings (SSSR count). The van der Waals surface area contributed by atoms with Crippen LogP contribution in [0.2, 0.25) is 0 Å². The van der Waals surface area contributed by atoms with E-state index in [1.807, 2.05) is 72.8 Å². The van der Waals surface area contributed by atoms with Crippen LogP contribution in [0, 0.1) is 0 Å². The lowest BCUT2D eigenvalue weighted by molar-refractivity contribution is 0.0727. The first kappa shape index (κ1) is 39.0. The second-order valence-electron chi connectivity index (χ2n) is 15.6. The number of ether oxygens (including phenoxy) is 2. The van der Waals surface area contributed by atoms with E-state index in [1.165, 1.54) is 101 Å². The molecule has 0 saturated heterocycles. The van der Waals surface area contributed by atoms with Crippen molar-refractivity contribution < 1.29 is 19.1 Å². The summed E-state index contributed by atoms with van der Waals surface area (Å²) in [5.41, 5.74) is 3.60. The van der Waals surface area contributed by atoms with Crippen molar-refractivity contribution in [2.24, 2.45) is 0 Å². The molecule has 0 aliphatic heterocycles. The van der Waals surface area contributed by atoms with Crippen molar-refractivity contribution in [2.75, 3.05) is 0 Å². The van der Waals surface area contributed by atoms with Gasteiger partial charge in [-0.25, -0.2) is 9.59 Å². The largest absolute Gasteiger partial charge is 0.423 e. The van der Waals surface area contributed by atoms with Gasteiger partial charge in [-0.15, -0.1) is 0 Å². The van der Waals surface area contributed by atoms with E-state index in [2.05, 4.69) is 50.2 Å². The zero-order valence-electron chi connectivity index (χ0n) is 33.3. The van der Waals surface area contributed by atoms with E-state index in [0.717, 1.165) is 55.9 Å². The minimum atomic E-state index is -0.374. The minimum Gasteiger partial charge on any atom is -0.423 e. The lowest BCUT2D eigenvalue weighted by Crippen LogP contribution is -2.10. The number of aryl methyl sites for hydroxylation is 2. The Kier molecular flexibility index (Phi) is 13.3. The zero-order valence-corrected chi connectivity index (χ0v) is 33.3. The molecule has 56 heavy (non-hydrogen) atoms. The molecule has 0 aromatic heterocycles. The molecule has 0 heterocycles. The van der Waals surface area contributed by atoms with Crippen LogP contribution in [0.1, 0.15) is 136 Å². The molecule has 0 saturated carbocycles. The molecule has 0 unspecified atom stereocenters. The lowest BCUT2D eigenvalue weighted by Gasteiger charge is -2.17. The number of hydrogen-bond acceptors (Lipinski definition) is 4. The van der Waals surface area contributed by atoms with Gasteiger partial charge in [0.25, 0.3) is 0 Å². The number of benzene rings is 7. The van der Waals surface area contributed by atoms with Crippen LogP contribution in [0.3, 0.4) is 0 Å². The van der Waals surface area contributed by atoms with E-state index in [9.17, 15) is 9.59 Å². The molecule has 4 heteroatoms. The fourth-order valence-corrected chi connectivity index (χ4v) is 8.41. The van der Waals surface area contributed by atoms with Crippen LogP contribution < -0.4 is 9.47 Å². The van der Waals surface area contributed by atoms with Crippen molar-refractivity contribution in [1.29, 1.82) is 0 Å². The molecule has 0 N–H and O–H groups in total. The summed E-state index contributed by atoms with van der Waals surface area (Å²) in [4.78, 5) is 27.4. The van der Waals surface area contributed by atoms with Crippen molar-refractivity contribution >= 4 is 55.0 Å². The summed E-state index contributed by atoms with van der Waals surface area (Å²) in [7, 11) is 0. The number of fused-ring (bicyclic) bond motifs is 2. The smallest absolute Gasteiger partial charge is 0.344 e. The maximum atomic E-state index is 13.7. The highest BCUT2D eigenvalue weighted by Gasteiger charge is 2.21. The topological polar surface area (TPSA) is 52.6 Å². The van der Waals surface area contributed by atoms with Gasteiger partial charge in [0.2, 0.25) is 0 Å². The van der Waals surface area contributed by atoms with Crippen molar-refractivity contribution in [3.05, 3.63) is 131 Å². The van der Waals surface area contributed by atoms with Crippen LogP contribution in [0.25, 0.3) is 43.1 Å². The maximum Gasteiger partial charge on any atom is 0.344 e. The van der Waals surface area contributed by atoms with E-state index in [0.29, 0.717) is 22.6 Å². The molecule has 288 valence electrons. The zero-order chi connectivity index (χ0) is 38.7. The van der Waals surface area contributed by atoms with Gasteiger partial charge in [-0.05, 0) is 116 Å². The Morgan fingerprint density at radius 1 is 0.375 bits per heavy atom. The van der Waals surface area contributed by atoms with Gasteiger partial charge in [0.15, 0.2) is 0 Å². The maximum absolute atomic E-state index is 13.7. The summed E-state index contributed by atoms with van der Waals surface area (Å²) < 4.78 is 11.9. The van der Waals surface area contributed by atoms with Gasteiger partial charge >= 0.3 is 11.9 Å². The van der Waals surface area contributed by atoms with Gasteiger partial charge in [-0.2, -0.15) is 0 Å². The van der Waals surface area contributed by atoms with Crippen LogP contribution in [-0.4, -0.2) is 11.9 Å². The Morgan fingerprint density at radius 3 is 1.11 bits per heavy atom. The van der Waals surface area contributed by atoms with Gasteiger partial charge < -0.3 is 9.47 Å². The Labute approximate surface area is 332 Å². The first-order chi connectivity index (χ1) is 27.6. The van der Waals surface area contributed by atoms with Crippen molar-refractivity contribution in [3.8, 4) is 11.5 Å². The molecule has 7 aromatic carbocycles. The summed E-state index contributed by atoms with van der Waals surface area (Å²) in [6, 6.07) is 35.9. The second-order valence-corrected chi connectivity index (χ2v) is 15.6. The Balaban J connectivity index is 1.06. The van der Waals surface area contributed by atoms with Crippen LogP contribution in [0.5, 0.6) is 11.5 Å². The molecule has 0 bridgehead atoms. The van der Waals surface area contributed by atoms with Gasteiger partial charge in [0.05, 0.1) is 11.1 Å². The number of esters is 2. The summed E-state index contributed by atoms with van der Waals surface area (Å²) in [5.74, 6) is 0.350. The van der Waals surface area contributed by atoms with Crippen molar-refractivity contribution in [3.63, 3.8) is 0 Å². The third-order valence-electron chi connectivity index (χ3n) is 11.5. The van der Waals surface area contributed by atoms with Gasteiger partial charge in [-0.1, -0.05) is 164 Å². The fraction of sp³-hybridized carbons (Fsp3) is 0.346. The molecule has 0 aliphatic carbocycles. The highest BCUT2D eigenvalue weighted by Crippen LogP contribution is 2.42. The molecular weight excluding hydrogens is 689 g/mol. The number of hydrogen-bond donors (Lipinski definition) is 0. The summed E-state index contributed by atoms with van der Waals surface area (Å²) in [6.07, 6.45) is 20.1. The SMILES string of the molecule is CCCCCCCCCc1ccc(OC(=O)c2ccc3c4ccc(C(=O)Oc5ccc(CCCCCCCCC)cc5)c5cccc(c6cccc2c63)c54)cc1. The van der Waals surface area contributed by atoms with Crippen LogP contribution >= 0.6 is 0 Å². The number of carbonyl (C=O) groups excluding carboxylic acids is 2. The molecule has 0 fully saturated rings. The van der Waals surface area contributed by atoms with E-state index in [1.54, 1.807) is 0 Å². The third-order valence-corrected chi connectivity index (χ3v) is 11.5. The standard InChI is InChI=1S/C52H56O4/c1-3-5-7-9-11-13-15-19-37-25-29-39(30-26-37)55-51(53)47-35-33-45-46-34-36-48(44-24-18-22-42(50(44)46)41-21-17-23-43(47)49(41)45)52(54)56-40-31-27-38(28-32-40)20-16-14-12-10-8-6-4-2/h17-18,21-36H,3-16,19-20H2,1-2H3. The predicted molar refractivity (Wildman–Crippen MR) is 234 cm³/mol. The molecule has 4 nitrogen and oxygen atoms in total. The second kappa shape index (κ2) is 19.1. The monoisotopic (exact) mass is 744 g/mol. The fourth-order valence-electron chi connectivity index (χ4n) is 8.41. The van der Waals surface area contributed by atoms with Crippen LogP contribution in [-0.2, 0) is 12.8 Å². The Hall–Kier alpha value is -5.22. The van der Waals surface area contributed by atoms with E-state index in [-0.39, 0.29) is 11.9 Å². The highest BCUT2D eigenvalue weighted by atomic mass is 16.5. The molecule has 0 amide bonds. The van der Waals surface area contributed by atoms with Crippen LogP contribution in [0.4, 0.5) is 0 Å². The molecule has 0 spiro atoms. The first-order valence-corrected chi connectivity index (χ1v) is 21.3. The third kappa shape index (κ3) is 9.07. The lowest BCUT2D eigenvalue weighted by atomic mass is 9.87. The highest BCUT2D eigenvalue weighted by molar-refractivity contribution is 6.35. The van der Waals surface area contributed by atoms with E-state index in [4.69, 9.17) is 9.47 Å². The van der Waals surface area contributed by atoms with Gasteiger partial charge in [-0.3, -0.25) is 0 Å². The molecule has 0 radical (unpaired) electrons. The predicted octanol–water partition coefficient (Wildman–Crippen LogP) is 14.8. The number of unbranched alkanes of at least 4 members (excludes halogenated alkanes) is 12. The Morgan fingerprint density at radius 2 is 0.714 bits per heavy atom. The number of rotatable bonds is 20. The normalized spacial score (nSPS) is 11.6. The van der Waals surface area contributed by atoms with Crippen molar-refractivity contribution in [2.45, 2.75) is 117 Å². The van der Waals surface area contributed by atoms with E-state index < -0.39 is 0 Å². The summed E-state index contributed by atoms with van der Waals surface area (Å²) in [6.45, 7) is 4.51. The summed E-state index contributed by atoms with van der Waals surface area (Å²) >= 11 is 0. The number of carbonyl (C=O) groups is 2. The Bertz CT molecular complexity index is 2180.